The summed E-state index contributed by atoms with van der Waals surface area (Å²) in [5.41, 5.74) is 3.60. The van der Waals surface area contributed by atoms with E-state index in [0.717, 1.165) is 68.2 Å². The number of amides is 1. The van der Waals surface area contributed by atoms with Crippen molar-refractivity contribution in [2.45, 2.75) is 82.8 Å². The Morgan fingerprint density at radius 2 is 1.72 bits per heavy atom. The molecule has 43 heavy (non-hydrogen) atoms. The highest BCUT2D eigenvalue weighted by atomic mass is 16.3. The van der Waals surface area contributed by atoms with Crippen LogP contribution in [0.1, 0.15) is 82.3 Å². The number of ketones is 1. The number of aliphatic hydroxyl groups excluding tert-OH is 1. The van der Waals surface area contributed by atoms with Gasteiger partial charge in [-0.3, -0.25) is 14.5 Å². The van der Waals surface area contributed by atoms with Gasteiger partial charge < -0.3 is 10.4 Å². The van der Waals surface area contributed by atoms with Crippen molar-refractivity contribution < 1.29 is 14.7 Å². The van der Waals surface area contributed by atoms with Gasteiger partial charge in [0.15, 0.2) is 0 Å². The molecule has 1 saturated heterocycles. The van der Waals surface area contributed by atoms with Crippen LogP contribution in [0, 0.1) is 40.4 Å². The van der Waals surface area contributed by atoms with E-state index >= 15 is 4.79 Å². The van der Waals surface area contributed by atoms with Crippen LogP contribution in [0.5, 0.6) is 0 Å². The van der Waals surface area contributed by atoms with Crippen LogP contribution >= 0.6 is 0 Å². The number of carbonyl (C=O) groups excluding carboxylic acids is 2. The molecule has 2 aromatic carbocycles. The monoisotopic (exact) mass is 578 g/mol. The molecule has 2 aliphatic heterocycles. The van der Waals surface area contributed by atoms with Gasteiger partial charge in [-0.05, 0) is 98.6 Å². The van der Waals surface area contributed by atoms with E-state index in [1.54, 1.807) is 0 Å². The van der Waals surface area contributed by atoms with Gasteiger partial charge in [0, 0.05) is 29.6 Å². The van der Waals surface area contributed by atoms with Crippen LogP contribution in [0.4, 0.5) is 5.69 Å². The minimum Gasteiger partial charge on any atom is -0.393 e. The number of nitrogens with zero attached hydrogens (tertiary/aromatic N) is 1. The molecule has 4 fully saturated rings. The highest BCUT2D eigenvalue weighted by molar-refractivity contribution is 6.10. The number of likely N-dealkylation sites (tertiary alicyclic amines) is 1. The smallest absolute Gasteiger partial charge is 0.250 e. The second kappa shape index (κ2) is 9.62. The van der Waals surface area contributed by atoms with Crippen LogP contribution < -0.4 is 5.32 Å². The largest absolute Gasteiger partial charge is 0.393 e. The van der Waals surface area contributed by atoms with Crippen molar-refractivity contribution in [3.63, 3.8) is 0 Å². The highest BCUT2D eigenvalue weighted by Crippen LogP contribution is 2.67. The van der Waals surface area contributed by atoms with E-state index in [4.69, 9.17) is 0 Å². The molecule has 6 aliphatic rings. The van der Waals surface area contributed by atoms with Crippen molar-refractivity contribution in [1.82, 2.24) is 4.90 Å². The molecule has 0 radical (unpaired) electrons. The lowest BCUT2D eigenvalue weighted by Crippen LogP contribution is -2.55. The van der Waals surface area contributed by atoms with Crippen LogP contribution in [0.25, 0.3) is 0 Å². The van der Waals surface area contributed by atoms with Crippen LogP contribution in [0.15, 0.2) is 66.2 Å². The standard InChI is InChI=1S/C38H46N2O3/c1-36-19-17-25(41)21-24(36)13-14-26-28-15-16-31(37(28,2)20-18-29(26)36)34(42)33-27(23-9-5-4-6-10-23)22-40(3)38(33)30-11-7-8-12-32(30)39-35(38)43/h4-13,25-29,31,33,41H,14-22H2,1-3H3,(H,39,43)/t25-,26-,27-,28-,29-,31?,33+,36-,37-,38+/m0/s1. The zero-order chi connectivity index (χ0) is 29.7. The lowest BCUT2D eigenvalue weighted by atomic mass is 9.47. The molecular weight excluding hydrogens is 532 g/mol. The number of para-hydroxylation sites is 1. The van der Waals surface area contributed by atoms with Gasteiger partial charge in [-0.2, -0.15) is 0 Å². The maximum atomic E-state index is 15.4. The molecule has 5 heteroatoms. The van der Waals surface area contributed by atoms with Crippen molar-refractivity contribution in [2.75, 3.05) is 18.9 Å². The summed E-state index contributed by atoms with van der Waals surface area (Å²) in [7, 11) is 2.04. The van der Waals surface area contributed by atoms with Gasteiger partial charge in [-0.25, -0.2) is 0 Å². The normalized spacial score (nSPS) is 43.4. The zero-order valence-corrected chi connectivity index (χ0v) is 25.9. The minimum atomic E-state index is -0.987. The number of likely N-dealkylation sites (N-methyl/N-ethyl adjacent to an activating group) is 1. The third-order valence-electron chi connectivity index (χ3n) is 13.8. The molecule has 226 valence electrons. The van der Waals surface area contributed by atoms with Crippen molar-refractivity contribution >= 4 is 17.4 Å². The molecule has 4 aliphatic carbocycles. The highest BCUT2D eigenvalue weighted by Gasteiger charge is 2.67. The molecule has 3 saturated carbocycles. The number of rotatable bonds is 3. The third kappa shape index (κ3) is 3.64. The van der Waals surface area contributed by atoms with Gasteiger partial charge in [0.2, 0.25) is 5.91 Å². The Hall–Kier alpha value is -2.76. The minimum absolute atomic E-state index is 0.0371. The van der Waals surface area contributed by atoms with E-state index in [2.05, 4.69) is 60.5 Å². The number of aliphatic hydroxyl groups is 1. The number of hydrogen-bond acceptors (Lipinski definition) is 4. The predicted octanol–water partition coefficient (Wildman–Crippen LogP) is 6.69. The number of anilines is 1. The summed E-state index contributed by atoms with van der Waals surface area (Å²) in [6.45, 7) is 5.58. The van der Waals surface area contributed by atoms with E-state index in [0.29, 0.717) is 30.1 Å². The Bertz CT molecular complexity index is 1500. The van der Waals surface area contributed by atoms with Crippen molar-refractivity contribution in [3.8, 4) is 0 Å². The van der Waals surface area contributed by atoms with Crippen LogP contribution in [-0.2, 0) is 15.1 Å². The molecule has 1 unspecified atom stereocenters. The number of benzene rings is 2. The summed E-state index contributed by atoms with van der Waals surface area (Å²) >= 11 is 0. The predicted molar refractivity (Wildman–Crippen MR) is 168 cm³/mol. The number of allylic oxidation sites excluding steroid dienone is 1. The fourth-order valence-electron chi connectivity index (χ4n) is 11.8. The molecule has 2 N–H and O–H groups in total. The molecule has 2 heterocycles. The van der Waals surface area contributed by atoms with E-state index in [1.807, 2.05) is 31.3 Å². The van der Waals surface area contributed by atoms with Crippen LogP contribution in [0.2, 0.25) is 0 Å². The first-order valence-electron chi connectivity index (χ1n) is 16.8. The molecule has 5 nitrogen and oxygen atoms in total. The van der Waals surface area contributed by atoms with Gasteiger partial charge in [-0.15, -0.1) is 0 Å². The van der Waals surface area contributed by atoms with Crippen molar-refractivity contribution in [3.05, 3.63) is 77.4 Å². The first-order valence-corrected chi connectivity index (χ1v) is 16.8. The second-order valence-electron chi connectivity index (χ2n) is 15.4. The van der Waals surface area contributed by atoms with Gasteiger partial charge >= 0.3 is 0 Å². The summed E-state index contributed by atoms with van der Waals surface area (Å²) in [4.78, 5) is 31.8. The summed E-state index contributed by atoms with van der Waals surface area (Å²) in [6.07, 6.45) is 10.5. The van der Waals surface area contributed by atoms with Gasteiger partial charge in [0.1, 0.15) is 11.3 Å². The Labute approximate surface area is 256 Å². The topological polar surface area (TPSA) is 69.6 Å². The molecule has 10 atom stereocenters. The number of Topliss-reactive ketones (excluding diaryl/α,β-unsaturated/α-hetero) is 1. The number of hydrogen-bond donors (Lipinski definition) is 2. The fraction of sp³-hybridized carbons (Fsp3) is 0.579. The molecule has 1 spiro atoms. The number of fused-ring (bicyclic) bond motifs is 7. The molecule has 0 bridgehead atoms. The summed E-state index contributed by atoms with van der Waals surface area (Å²) in [5, 5.41) is 13.6. The van der Waals surface area contributed by atoms with Gasteiger partial charge in [0.25, 0.3) is 0 Å². The zero-order valence-electron chi connectivity index (χ0n) is 25.9. The fourth-order valence-corrected chi connectivity index (χ4v) is 11.8. The Morgan fingerprint density at radius 3 is 2.53 bits per heavy atom. The van der Waals surface area contributed by atoms with Gasteiger partial charge in [0.05, 0.1) is 12.0 Å². The van der Waals surface area contributed by atoms with Crippen LogP contribution in [-0.4, -0.2) is 41.4 Å². The van der Waals surface area contributed by atoms with Gasteiger partial charge in [-0.1, -0.05) is 74.0 Å². The van der Waals surface area contributed by atoms with Crippen LogP contribution in [0.3, 0.4) is 0 Å². The first-order chi connectivity index (χ1) is 20.7. The maximum absolute atomic E-state index is 15.4. The van der Waals surface area contributed by atoms with E-state index in [1.165, 1.54) is 5.57 Å². The Balaban J connectivity index is 1.18. The average Bonchev–Trinajstić information content (AvgIpc) is 3.63. The molecule has 2 aromatic rings. The molecular formula is C38H46N2O3. The SMILES string of the molecule is CN1C[C@@H](c2ccccc2)[C@H](C(=O)C2CC[C@H]3[C@@H]4CC=C5C[C@@H](O)CC[C@]5(C)[C@H]4CC[C@]23C)[C@]12C(=O)Nc1ccccc12. The maximum Gasteiger partial charge on any atom is 0.250 e. The lowest BCUT2D eigenvalue weighted by molar-refractivity contribution is -0.142. The Kier molecular flexibility index (Phi) is 6.21. The number of carbonyl (C=O) groups is 2. The quantitative estimate of drug-likeness (QED) is 0.398. The Morgan fingerprint density at radius 1 is 0.953 bits per heavy atom. The van der Waals surface area contributed by atoms with E-state index in [9.17, 15) is 9.90 Å². The average molecular weight is 579 g/mol. The third-order valence-corrected chi connectivity index (χ3v) is 13.8. The van der Waals surface area contributed by atoms with E-state index < -0.39 is 11.5 Å². The van der Waals surface area contributed by atoms with Crippen molar-refractivity contribution in [2.24, 2.45) is 40.4 Å². The van der Waals surface area contributed by atoms with E-state index in [-0.39, 0.29) is 34.7 Å². The molecule has 8 rings (SSSR count). The number of nitrogens with one attached hydrogen (secondary N) is 1. The summed E-state index contributed by atoms with van der Waals surface area (Å²) in [5.74, 6) is 1.52. The summed E-state index contributed by atoms with van der Waals surface area (Å²) in [6, 6.07) is 18.5. The lowest BCUT2D eigenvalue weighted by Gasteiger charge is -2.58. The second-order valence-corrected chi connectivity index (χ2v) is 15.4. The summed E-state index contributed by atoms with van der Waals surface area (Å²) < 4.78 is 0. The molecule has 1 amide bonds. The molecule has 0 aromatic heterocycles. The van der Waals surface area contributed by atoms with Crippen molar-refractivity contribution in [1.29, 1.82) is 0 Å². The first kappa shape index (κ1) is 27.8.